The van der Waals surface area contributed by atoms with Gasteiger partial charge < -0.3 is 13.8 Å². The summed E-state index contributed by atoms with van der Waals surface area (Å²) in [4.78, 5) is 21.8. The van der Waals surface area contributed by atoms with Gasteiger partial charge in [-0.25, -0.2) is 9.37 Å². The van der Waals surface area contributed by atoms with E-state index >= 15 is 0 Å². The highest BCUT2D eigenvalue weighted by molar-refractivity contribution is 6.74. The monoisotopic (exact) mass is 529 g/mol. The summed E-state index contributed by atoms with van der Waals surface area (Å²) in [5.41, 5.74) is 3.40. The zero-order chi connectivity index (χ0) is 27.1. The van der Waals surface area contributed by atoms with Crippen molar-refractivity contribution in [3.63, 3.8) is 0 Å². The molecule has 0 aliphatic carbocycles. The van der Waals surface area contributed by atoms with E-state index in [1.807, 2.05) is 36.5 Å². The van der Waals surface area contributed by atoms with E-state index in [9.17, 15) is 9.18 Å². The van der Waals surface area contributed by atoms with Gasteiger partial charge in [0.25, 0.3) is 5.56 Å². The highest BCUT2D eigenvalue weighted by atomic mass is 28.4. The number of fused-ring (bicyclic) bond motifs is 1. The molecule has 8 heteroatoms. The first-order chi connectivity index (χ1) is 18.0. The quantitative estimate of drug-likeness (QED) is 0.231. The Morgan fingerprint density at radius 3 is 2.50 bits per heavy atom. The predicted octanol–water partition coefficient (Wildman–Crippen LogP) is 6.96. The Morgan fingerprint density at radius 2 is 1.82 bits per heavy atom. The molecule has 0 saturated heterocycles. The largest absolute Gasteiger partial charge is 0.543 e. The van der Waals surface area contributed by atoms with Gasteiger partial charge in [0.2, 0.25) is 8.32 Å². The van der Waals surface area contributed by atoms with Crippen LogP contribution in [0.15, 0.2) is 82.3 Å². The first-order valence-electron chi connectivity index (χ1n) is 12.7. The first-order valence-corrected chi connectivity index (χ1v) is 15.6. The van der Waals surface area contributed by atoms with Crippen molar-refractivity contribution in [3.05, 3.63) is 112 Å². The first kappa shape index (κ1) is 25.7. The second-order valence-electron chi connectivity index (χ2n) is 11.1. The average molecular weight is 530 g/mol. The number of nitrogens with zero attached hydrogens (tertiary/aromatic N) is 2. The van der Waals surface area contributed by atoms with Gasteiger partial charge in [-0.2, -0.15) is 0 Å². The lowest BCUT2D eigenvalue weighted by molar-refractivity contribution is 0.492. The summed E-state index contributed by atoms with van der Waals surface area (Å²) in [6.07, 6.45) is 4.17. The summed E-state index contributed by atoms with van der Waals surface area (Å²) in [5, 5.41) is 0.0549. The van der Waals surface area contributed by atoms with E-state index in [1.54, 1.807) is 29.0 Å². The lowest BCUT2D eigenvalue weighted by Crippen LogP contribution is -2.43. The summed E-state index contributed by atoms with van der Waals surface area (Å²) in [7, 11) is -2.05. The maximum Gasteiger partial charge on any atom is 0.279 e. The van der Waals surface area contributed by atoms with E-state index in [0.717, 1.165) is 22.6 Å². The zero-order valence-electron chi connectivity index (χ0n) is 22.3. The van der Waals surface area contributed by atoms with Crippen LogP contribution >= 0.6 is 0 Å². The fraction of sp³-hybridized carbons (Fsp3) is 0.267. The molecular weight excluding hydrogens is 497 g/mol. The minimum Gasteiger partial charge on any atom is -0.543 e. The Balaban J connectivity index is 1.60. The van der Waals surface area contributed by atoms with Gasteiger partial charge >= 0.3 is 0 Å². The molecule has 6 nitrogen and oxygen atoms in total. The van der Waals surface area contributed by atoms with E-state index in [4.69, 9.17) is 13.8 Å². The molecule has 0 bridgehead atoms. The van der Waals surface area contributed by atoms with Crippen LogP contribution in [0.1, 0.15) is 43.5 Å². The van der Waals surface area contributed by atoms with Crippen molar-refractivity contribution in [2.75, 3.05) is 0 Å². The van der Waals surface area contributed by atoms with E-state index in [1.165, 1.54) is 12.1 Å². The summed E-state index contributed by atoms with van der Waals surface area (Å²) < 4.78 is 27.2. The van der Waals surface area contributed by atoms with Crippen molar-refractivity contribution in [3.8, 4) is 22.8 Å². The normalized spacial score (nSPS) is 12.3. The van der Waals surface area contributed by atoms with Gasteiger partial charge in [-0.15, -0.1) is 0 Å². The Hall–Kier alpha value is -3.91. The third-order valence-corrected chi connectivity index (χ3v) is 11.7. The maximum absolute atomic E-state index is 13.7. The van der Waals surface area contributed by atoms with E-state index in [-0.39, 0.29) is 22.8 Å². The number of benzene rings is 2. The molecule has 3 heterocycles. The number of H-pyrrole nitrogens is 1. The van der Waals surface area contributed by atoms with Crippen molar-refractivity contribution in [1.29, 1.82) is 0 Å². The number of aromatic amines is 1. The minimum absolute atomic E-state index is 0.0549. The zero-order valence-corrected chi connectivity index (χ0v) is 23.3. The van der Waals surface area contributed by atoms with Crippen molar-refractivity contribution in [2.45, 2.75) is 51.7 Å². The third kappa shape index (κ3) is 5.09. The number of hydrogen-bond donors (Lipinski definition) is 1. The number of imidazole rings is 1. The van der Waals surface area contributed by atoms with E-state index < -0.39 is 8.32 Å². The highest BCUT2D eigenvalue weighted by Gasteiger charge is 2.39. The number of nitrogens with one attached hydrogen (secondary N) is 1. The van der Waals surface area contributed by atoms with Gasteiger partial charge in [0.05, 0.1) is 24.1 Å². The molecule has 2 aliphatic rings. The fourth-order valence-corrected chi connectivity index (χ4v) is 5.19. The average Bonchev–Trinajstić information content (AvgIpc) is 3.49. The molecule has 2 aromatic carbocycles. The molecule has 0 radical (unpaired) electrons. The third-order valence-electron chi connectivity index (χ3n) is 7.32. The molecule has 196 valence electrons. The number of furan rings is 1. The fourth-order valence-electron chi connectivity index (χ4n) is 4.17. The van der Waals surface area contributed by atoms with Crippen molar-refractivity contribution in [2.24, 2.45) is 0 Å². The SMILES string of the molecule is CC(C)(C)[Si](C)(C)Oc1cccc(-c2c[nH]c(Cc3ccc(F)cc3)c3nc(Cc4ccco4)c(=O)n2-3)c1. The van der Waals surface area contributed by atoms with Crippen LogP contribution in [0.4, 0.5) is 4.39 Å². The van der Waals surface area contributed by atoms with Crippen LogP contribution < -0.4 is 9.99 Å². The predicted molar refractivity (Wildman–Crippen MR) is 149 cm³/mol. The molecule has 0 unspecified atom stereocenters. The van der Waals surface area contributed by atoms with Gasteiger partial charge in [-0.05, 0) is 60.1 Å². The van der Waals surface area contributed by atoms with Crippen LogP contribution in [0.3, 0.4) is 0 Å². The minimum atomic E-state index is -2.05. The Labute approximate surface area is 222 Å². The molecule has 0 saturated carbocycles. The van der Waals surface area contributed by atoms with Crippen LogP contribution in [0, 0.1) is 5.82 Å². The van der Waals surface area contributed by atoms with E-state index in [2.05, 4.69) is 38.8 Å². The van der Waals surface area contributed by atoms with E-state index in [0.29, 0.717) is 29.4 Å². The summed E-state index contributed by atoms with van der Waals surface area (Å²) >= 11 is 0. The van der Waals surface area contributed by atoms with Crippen LogP contribution in [-0.2, 0) is 12.8 Å². The van der Waals surface area contributed by atoms with Crippen molar-refractivity contribution < 1.29 is 13.2 Å². The van der Waals surface area contributed by atoms with Crippen molar-refractivity contribution in [1.82, 2.24) is 14.5 Å². The number of aromatic nitrogens is 3. The van der Waals surface area contributed by atoms with Crippen molar-refractivity contribution >= 4 is 8.32 Å². The number of halogens is 1. The topological polar surface area (TPSA) is 73.1 Å². The molecule has 0 amide bonds. The molecule has 2 aliphatic heterocycles. The Morgan fingerprint density at radius 1 is 1.05 bits per heavy atom. The van der Waals surface area contributed by atoms with Gasteiger partial charge in [-0.3, -0.25) is 9.36 Å². The van der Waals surface area contributed by atoms with Gasteiger partial charge in [0.15, 0.2) is 5.82 Å². The molecule has 0 fully saturated rings. The second kappa shape index (κ2) is 9.76. The van der Waals surface area contributed by atoms with Gasteiger partial charge in [0, 0.05) is 18.2 Å². The van der Waals surface area contributed by atoms with Crippen LogP contribution in [-0.4, -0.2) is 22.9 Å². The number of rotatable bonds is 7. The highest BCUT2D eigenvalue weighted by Crippen LogP contribution is 2.38. The summed E-state index contributed by atoms with van der Waals surface area (Å²) in [5.74, 6) is 1.69. The molecule has 1 N–H and O–H groups in total. The summed E-state index contributed by atoms with van der Waals surface area (Å²) in [6.45, 7) is 11.0. The summed E-state index contributed by atoms with van der Waals surface area (Å²) in [6, 6.07) is 17.8. The van der Waals surface area contributed by atoms with Gasteiger partial charge in [-0.1, -0.05) is 45.0 Å². The molecule has 3 aromatic rings. The molecule has 38 heavy (non-hydrogen) atoms. The standard InChI is InChI=1S/C30H32FN3O3Si/c1-30(2,3)38(4,5)37-24-9-6-8-21(17-24)27-19-32-25(16-20-11-13-22(31)14-12-20)28-33-26(29(35)34(27)28)18-23-10-7-15-36-23/h6-15,17,19,32H,16,18H2,1-5H3. The maximum atomic E-state index is 13.7. The smallest absolute Gasteiger partial charge is 0.279 e. The van der Waals surface area contributed by atoms with Crippen LogP contribution in [0.5, 0.6) is 5.75 Å². The number of hydrogen-bond acceptors (Lipinski definition) is 4. The van der Waals surface area contributed by atoms with Crippen LogP contribution in [0.2, 0.25) is 18.1 Å². The molecule has 0 spiro atoms. The Kier molecular flexibility index (Phi) is 6.61. The molecule has 1 aromatic heterocycles. The second-order valence-corrected chi connectivity index (χ2v) is 15.8. The molecule has 0 atom stereocenters. The molecule has 5 rings (SSSR count). The Bertz CT molecular complexity index is 1580. The van der Waals surface area contributed by atoms with Crippen LogP contribution in [0.25, 0.3) is 17.1 Å². The lowest BCUT2D eigenvalue weighted by Gasteiger charge is -2.36. The van der Waals surface area contributed by atoms with Gasteiger partial charge in [0.1, 0.15) is 23.0 Å². The molecular formula is C30H32FN3O3Si. The lowest BCUT2D eigenvalue weighted by atomic mass is 10.1.